The lowest BCUT2D eigenvalue weighted by Gasteiger charge is -2.20. The minimum atomic E-state index is -3.62. The van der Waals surface area contributed by atoms with Crippen LogP contribution in [0.5, 0.6) is 0 Å². The van der Waals surface area contributed by atoms with Gasteiger partial charge in [0.2, 0.25) is 0 Å². The number of rotatable bonds is 7. The summed E-state index contributed by atoms with van der Waals surface area (Å²) >= 11 is 0. The molecule has 0 radical (unpaired) electrons. The first-order chi connectivity index (χ1) is 11.9. The fourth-order valence-electron chi connectivity index (χ4n) is 2.52. The lowest BCUT2D eigenvalue weighted by Crippen LogP contribution is -2.32. The zero-order valence-electron chi connectivity index (χ0n) is 14.8. The molecule has 6 heteroatoms. The third-order valence-corrected chi connectivity index (χ3v) is 5.79. The number of benzene rings is 2. The molecular weight excluding hydrogens is 336 g/mol. The Hall–Kier alpha value is -2.34. The molecule has 1 amide bonds. The Morgan fingerprint density at radius 2 is 1.68 bits per heavy atom. The lowest BCUT2D eigenvalue weighted by atomic mass is 10.1. The van der Waals surface area contributed by atoms with Crippen LogP contribution in [0.4, 0.5) is 5.69 Å². The molecule has 5 nitrogen and oxygen atoms in total. The number of carbonyl (C=O) groups excluding carboxylic acids is 1. The average molecular weight is 360 g/mol. The van der Waals surface area contributed by atoms with Crippen LogP contribution in [-0.2, 0) is 10.0 Å². The van der Waals surface area contributed by atoms with Gasteiger partial charge in [-0.1, -0.05) is 31.5 Å². The van der Waals surface area contributed by atoms with Gasteiger partial charge in [-0.2, -0.15) is 0 Å². The molecule has 0 saturated carbocycles. The van der Waals surface area contributed by atoms with Gasteiger partial charge in [-0.05, 0) is 49.7 Å². The molecule has 1 N–H and O–H groups in total. The highest BCUT2D eigenvalue weighted by Crippen LogP contribution is 2.22. The van der Waals surface area contributed by atoms with E-state index in [2.05, 4.69) is 12.2 Å². The minimum Gasteiger partial charge on any atom is -0.350 e. The summed E-state index contributed by atoms with van der Waals surface area (Å²) in [6.07, 6.45) is 1.92. The van der Waals surface area contributed by atoms with Gasteiger partial charge in [-0.15, -0.1) is 0 Å². The van der Waals surface area contributed by atoms with Crippen molar-refractivity contribution in [1.82, 2.24) is 5.32 Å². The summed E-state index contributed by atoms with van der Waals surface area (Å²) in [7, 11) is -2.12. The molecule has 1 unspecified atom stereocenters. The Morgan fingerprint density at radius 3 is 2.24 bits per heavy atom. The zero-order chi connectivity index (χ0) is 18.4. The largest absolute Gasteiger partial charge is 0.350 e. The molecule has 2 aromatic carbocycles. The fourth-order valence-corrected chi connectivity index (χ4v) is 3.74. The summed E-state index contributed by atoms with van der Waals surface area (Å²) in [5, 5.41) is 2.93. The van der Waals surface area contributed by atoms with Gasteiger partial charge in [0.25, 0.3) is 15.9 Å². The average Bonchev–Trinajstić information content (AvgIpc) is 2.62. The molecule has 25 heavy (non-hydrogen) atoms. The van der Waals surface area contributed by atoms with Crippen LogP contribution in [0.3, 0.4) is 0 Å². The quantitative estimate of drug-likeness (QED) is 0.822. The van der Waals surface area contributed by atoms with Crippen LogP contribution in [0.15, 0.2) is 59.5 Å². The Balaban J connectivity index is 2.15. The molecule has 0 fully saturated rings. The molecule has 0 aliphatic heterocycles. The molecule has 0 aliphatic rings. The maximum Gasteiger partial charge on any atom is 0.264 e. The highest BCUT2D eigenvalue weighted by atomic mass is 32.2. The molecule has 0 aliphatic carbocycles. The first kappa shape index (κ1) is 19.0. The normalized spacial score (nSPS) is 12.4. The van der Waals surface area contributed by atoms with Crippen molar-refractivity contribution in [3.63, 3.8) is 0 Å². The van der Waals surface area contributed by atoms with Crippen LogP contribution in [0.25, 0.3) is 0 Å². The number of anilines is 1. The maximum atomic E-state index is 12.6. The third-order valence-electron chi connectivity index (χ3n) is 3.99. The number of hydrogen-bond acceptors (Lipinski definition) is 3. The molecule has 2 aromatic rings. The standard InChI is InChI=1S/C19H24N2O3S/c1-4-8-15(2)20-19(22)16-11-13-17(14-12-16)21(3)25(23,24)18-9-6-5-7-10-18/h5-7,9-15H,4,8H2,1-3H3,(H,20,22). The van der Waals surface area contributed by atoms with Gasteiger partial charge in [-0.25, -0.2) is 8.42 Å². The molecule has 0 heterocycles. The predicted octanol–water partition coefficient (Wildman–Crippen LogP) is 3.43. The molecule has 0 aromatic heterocycles. The summed E-state index contributed by atoms with van der Waals surface area (Å²) in [6.45, 7) is 4.04. The van der Waals surface area contributed by atoms with E-state index in [1.165, 1.54) is 11.4 Å². The number of nitrogens with zero attached hydrogens (tertiary/aromatic N) is 1. The highest BCUT2D eigenvalue weighted by molar-refractivity contribution is 7.92. The fraction of sp³-hybridized carbons (Fsp3) is 0.316. The topological polar surface area (TPSA) is 66.5 Å². The van der Waals surface area contributed by atoms with Gasteiger partial charge >= 0.3 is 0 Å². The maximum absolute atomic E-state index is 12.6. The smallest absolute Gasteiger partial charge is 0.264 e. The van der Waals surface area contributed by atoms with E-state index < -0.39 is 10.0 Å². The van der Waals surface area contributed by atoms with Crippen LogP contribution >= 0.6 is 0 Å². The molecule has 134 valence electrons. The van der Waals surface area contributed by atoms with Crippen LogP contribution in [0.1, 0.15) is 37.0 Å². The van der Waals surface area contributed by atoms with E-state index >= 15 is 0 Å². The minimum absolute atomic E-state index is 0.110. The van der Waals surface area contributed by atoms with Crippen molar-refractivity contribution in [3.8, 4) is 0 Å². The molecule has 2 rings (SSSR count). The van der Waals surface area contributed by atoms with Gasteiger partial charge in [-0.3, -0.25) is 9.10 Å². The summed E-state index contributed by atoms with van der Waals surface area (Å²) in [6, 6.07) is 14.9. The third kappa shape index (κ3) is 4.60. The second-order valence-electron chi connectivity index (χ2n) is 6.00. The van der Waals surface area contributed by atoms with E-state index in [0.717, 1.165) is 12.8 Å². The second kappa shape index (κ2) is 8.16. The van der Waals surface area contributed by atoms with Gasteiger partial charge < -0.3 is 5.32 Å². The van der Waals surface area contributed by atoms with Crippen LogP contribution in [-0.4, -0.2) is 27.4 Å². The van der Waals surface area contributed by atoms with E-state index in [1.54, 1.807) is 54.6 Å². The summed E-state index contributed by atoms with van der Waals surface area (Å²) in [4.78, 5) is 12.4. The van der Waals surface area contributed by atoms with Crippen molar-refractivity contribution in [1.29, 1.82) is 0 Å². The monoisotopic (exact) mass is 360 g/mol. The van der Waals surface area contributed by atoms with E-state index in [1.807, 2.05) is 6.92 Å². The van der Waals surface area contributed by atoms with E-state index in [9.17, 15) is 13.2 Å². The molecular formula is C19H24N2O3S. The molecule has 0 saturated heterocycles. The number of carbonyl (C=O) groups is 1. The van der Waals surface area contributed by atoms with Crippen molar-refractivity contribution < 1.29 is 13.2 Å². The van der Waals surface area contributed by atoms with Crippen molar-refractivity contribution in [3.05, 3.63) is 60.2 Å². The Bertz CT molecular complexity index is 802. The Labute approximate surface area is 149 Å². The number of hydrogen-bond donors (Lipinski definition) is 1. The molecule has 1 atom stereocenters. The summed E-state index contributed by atoms with van der Waals surface area (Å²) in [5.74, 6) is -0.152. The van der Waals surface area contributed by atoms with Crippen LogP contribution in [0, 0.1) is 0 Å². The van der Waals surface area contributed by atoms with Gasteiger partial charge in [0.05, 0.1) is 10.6 Å². The predicted molar refractivity (Wildman–Crippen MR) is 100 cm³/mol. The first-order valence-electron chi connectivity index (χ1n) is 8.31. The number of nitrogens with one attached hydrogen (secondary N) is 1. The number of sulfonamides is 1. The van der Waals surface area contributed by atoms with Crippen molar-refractivity contribution in [2.45, 2.75) is 37.6 Å². The summed E-state index contributed by atoms with van der Waals surface area (Å²) in [5.41, 5.74) is 1.01. The van der Waals surface area contributed by atoms with Crippen LogP contribution < -0.4 is 9.62 Å². The molecule has 0 bridgehead atoms. The van der Waals surface area contributed by atoms with Gasteiger partial charge in [0.1, 0.15) is 0 Å². The van der Waals surface area contributed by atoms with Gasteiger partial charge in [0, 0.05) is 18.7 Å². The highest BCUT2D eigenvalue weighted by Gasteiger charge is 2.21. The lowest BCUT2D eigenvalue weighted by molar-refractivity contribution is 0.0938. The zero-order valence-corrected chi connectivity index (χ0v) is 15.6. The van der Waals surface area contributed by atoms with E-state index in [4.69, 9.17) is 0 Å². The number of amides is 1. The molecule has 0 spiro atoms. The second-order valence-corrected chi connectivity index (χ2v) is 7.96. The van der Waals surface area contributed by atoms with Crippen molar-refractivity contribution in [2.75, 3.05) is 11.4 Å². The van der Waals surface area contributed by atoms with Crippen LogP contribution in [0.2, 0.25) is 0 Å². The van der Waals surface area contributed by atoms with E-state index in [0.29, 0.717) is 11.3 Å². The van der Waals surface area contributed by atoms with Crippen molar-refractivity contribution in [2.24, 2.45) is 0 Å². The van der Waals surface area contributed by atoms with Gasteiger partial charge in [0.15, 0.2) is 0 Å². The van der Waals surface area contributed by atoms with E-state index in [-0.39, 0.29) is 16.8 Å². The first-order valence-corrected chi connectivity index (χ1v) is 9.75. The Kier molecular flexibility index (Phi) is 6.20. The van der Waals surface area contributed by atoms with Crippen molar-refractivity contribution >= 4 is 21.6 Å². The SMILES string of the molecule is CCCC(C)NC(=O)c1ccc(N(C)S(=O)(=O)c2ccccc2)cc1. The Morgan fingerprint density at radius 1 is 1.08 bits per heavy atom. The summed E-state index contributed by atoms with van der Waals surface area (Å²) < 4.78 is 26.4.